The second-order valence-corrected chi connectivity index (χ2v) is 9.61. The molecule has 4 heterocycles. The molecule has 0 aliphatic carbocycles. The van der Waals surface area contributed by atoms with Crippen molar-refractivity contribution in [2.75, 3.05) is 24.6 Å². The molecule has 0 spiro atoms. The number of aryl methyl sites for hydroxylation is 3. The number of imidazole rings is 1. The van der Waals surface area contributed by atoms with Gasteiger partial charge in [0.2, 0.25) is 5.91 Å². The van der Waals surface area contributed by atoms with Crippen LogP contribution in [0.4, 0.5) is 10.5 Å². The average molecular weight is 481 g/mol. The van der Waals surface area contributed by atoms with E-state index in [0.717, 1.165) is 48.1 Å². The number of hydrogen-bond acceptors (Lipinski definition) is 5. The van der Waals surface area contributed by atoms with Gasteiger partial charge in [0, 0.05) is 56.7 Å². The Balaban J connectivity index is 1.49. The Kier molecular flexibility index (Phi) is 6.46. The molecule has 2 aliphatic rings. The maximum Gasteiger partial charge on any atom is 0.412 e. The van der Waals surface area contributed by atoms with Crippen molar-refractivity contribution in [2.24, 2.45) is 5.92 Å². The van der Waals surface area contributed by atoms with Gasteiger partial charge in [-0.3, -0.25) is 14.4 Å². The normalized spacial score (nSPS) is 18.7. The zero-order valence-electron chi connectivity index (χ0n) is 20.0. The van der Waals surface area contributed by atoms with Gasteiger partial charge in [0.25, 0.3) is 0 Å². The lowest BCUT2D eigenvalue weighted by atomic mass is 9.96. The van der Waals surface area contributed by atoms with E-state index in [-0.39, 0.29) is 31.0 Å². The van der Waals surface area contributed by atoms with Crippen LogP contribution in [0.15, 0.2) is 30.6 Å². The van der Waals surface area contributed by atoms with Crippen molar-refractivity contribution in [1.82, 2.24) is 24.2 Å². The van der Waals surface area contributed by atoms with Crippen LogP contribution in [-0.4, -0.2) is 72.2 Å². The number of aromatic nitrogens is 4. The van der Waals surface area contributed by atoms with Crippen molar-refractivity contribution in [1.29, 1.82) is 0 Å². The molecule has 10 nitrogen and oxygen atoms in total. The molecule has 2 aliphatic heterocycles. The van der Waals surface area contributed by atoms with Crippen LogP contribution >= 0.6 is 0 Å². The van der Waals surface area contributed by atoms with Crippen LogP contribution in [0, 0.1) is 5.92 Å². The fraction of sp³-hybridized carbons (Fsp3) is 0.520. The summed E-state index contributed by atoms with van der Waals surface area (Å²) in [6, 6.07) is 5.54. The molecule has 1 unspecified atom stereocenters. The standard InChI is InChI=1S/C25H32N6O4/c1-17-3-4-19-20(31(17)25(34)35)5-6-21-24(19)27-22(9-14-29-11-2-10-26-29)30(21)15-23(33)28-12-7-18(16-32)8-13-28/h2,5-6,10-11,17-18,32H,3-4,7-9,12-16H2,1H3,(H,34,35). The number of carbonyl (C=O) groups is 2. The van der Waals surface area contributed by atoms with E-state index in [1.807, 2.05) is 45.5 Å². The SMILES string of the molecule is CC1CCc2c(ccc3c2nc(CCn2cccn2)n3CC(=O)N2CCC(CO)CC2)N1C(=O)O. The van der Waals surface area contributed by atoms with Gasteiger partial charge in [0.15, 0.2) is 0 Å². The summed E-state index contributed by atoms with van der Waals surface area (Å²) < 4.78 is 3.83. The number of aliphatic hydroxyl groups excluding tert-OH is 1. The van der Waals surface area contributed by atoms with Crippen molar-refractivity contribution in [2.45, 2.75) is 58.2 Å². The number of rotatable bonds is 6. The minimum absolute atomic E-state index is 0.0412. The molecule has 5 rings (SSSR count). The highest BCUT2D eigenvalue weighted by molar-refractivity contribution is 5.95. The van der Waals surface area contributed by atoms with Gasteiger partial charge in [0.1, 0.15) is 12.4 Å². The number of likely N-dealkylation sites (tertiary alicyclic amines) is 1. The largest absolute Gasteiger partial charge is 0.465 e. The molecule has 0 bridgehead atoms. The Hall–Kier alpha value is -3.40. The van der Waals surface area contributed by atoms with E-state index in [4.69, 9.17) is 4.98 Å². The average Bonchev–Trinajstić information content (AvgIpc) is 3.50. The molecule has 10 heteroatoms. The molecule has 186 valence electrons. The lowest BCUT2D eigenvalue weighted by Gasteiger charge is -2.33. The fourth-order valence-electron chi connectivity index (χ4n) is 5.38. The Morgan fingerprint density at radius 1 is 1.17 bits per heavy atom. The third-order valence-corrected chi connectivity index (χ3v) is 7.44. The molecule has 0 saturated carbocycles. The Morgan fingerprint density at radius 3 is 2.66 bits per heavy atom. The number of benzene rings is 1. The molecular weight excluding hydrogens is 448 g/mol. The van der Waals surface area contributed by atoms with Gasteiger partial charge in [-0.1, -0.05) is 0 Å². The summed E-state index contributed by atoms with van der Waals surface area (Å²) in [7, 11) is 0. The van der Waals surface area contributed by atoms with Gasteiger partial charge in [-0.2, -0.15) is 5.10 Å². The summed E-state index contributed by atoms with van der Waals surface area (Å²) in [6.45, 7) is 4.22. The first kappa shape index (κ1) is 23.3. The van der Waals surface area contributed by atoms with Gasteiger partial charge in [-0.05, 0) is 56.7 Å². The second-order valence-electron chi connectivity index (χ2n) is 9.61. The van der Waals surface area contributed by atoms with E-state index < -0.39 is 6.09 Å². The van der Waals surface area contributed by atoms with Crippen molar-refractivity contribution in [3.8, 4) is 0 Å². The first-order valence-electron chi connectivity index (χ1n) is 12.4. The molecule has 2 N–H and O–H groups in total. The maximum atomic E-state index is 13.3. The highest BCUT2D eigenvalue weighted by Crippen LogP contribution is 2.36. The molecule has 3 aromatic rings. The summed E-state index contributed by atoms with van der Waals surface area (Å²) in [6.07, 6.45) is 6.38. The van der Waals surface area contributed by atoms with Gasteiger partial charge in [-0.25, -0.2) is 9.78 Å². The zero-order chi connectivity index (χ0) is 24.5. The smallest absolute Gasteiger partial charge is 0.412 e. The van der Waals surface area contributed by atoms with Crippen LogP contribution in [-0.2, 0) is 30.7 Å². The first-order valence-corrected chi connectivity index (χ1v) is 12.4. The molecule has 2 aromatic heterocycles. The predicted molar refractivity (Wildman–Crippen MR) is 130 cm³/mol. The van der Waals surface area contributed by atoms with Crippen LogP contribution < -0.4 is 4.90 Å². The Labute approximate surface area is 203 Å². The van der Waals surface area contributed by atoms with Crippen molar-refractivity contribution in [3.63, 3.8) is 0 Å². The summed E-state index contributed by atoms with van der Waals surface area (Å²) in [5.41, 5.74) is 3.25. The maximum absolute atomic E-state index is 13.3. The number of nitrogens with zero attached hydrogens (tertiary/aromatic N) is 6. The van der Waals surface area contributed by atoms with Crippen LogP contribution in [0.1, 0.15) is 37.6 Å². The molecular formula is C25H32N6O4. The highest BCUT2D eigenvalue weighted by atomic mass is 16.4. The molecule has 0 radical (unpaired) electrons. The topological polar surface area (TPSA) is 117 Å². The summed E-state index contributed by atoms with van der Waals surface area (Å²) >= 11 is 0. The number of carbonyl (C=O) groups excluding carboxylic acids is 1. The van der Waals surface area contributed by atoms with E-state index in [2.05, 4.69) is 5.10 Å². The van der Waals surface area contributed by atoms with E-state index in [9.17, 15) is 19.8 Å². The number of hydrogen-bond donors (Lipinski definition) is 2. The number of anilines is 1. The summed E-state index contributed by atoms with van der Waals surface area (Å²) in [4.78, 5) is 33.5. The van der Waals surface area contributed by atoms with E-state index >= 15 is 0 Å². The van der Waals surface area contributed by atoms with E-state index in [1.165, 1.54) is 4.90 Å². The van der Waals surface area contributed by atoms with Crippen molar-refractivity contribution < 1.29 is 19.8 Å². The number of aliphatic hydroxyl groups is 1. The van der Waals surface area contributed by atoms with Crippen LogP contribution in [0.25, 0.3) is 11.0 Å². The monoisotopic (exact) mass is 480 g/mol. The third kappa shape index (κ3) is 4.50. The molecule has 1 fully saturated rings. The second kappa shape index (κ2) is 9.69. The summed E-state index contributed by atoms with van der Waals surface area (Å²) in [5, 5.41) is 23.5. The Bertz CT molecular complexity index is 1210. The third-order valence-electron chi connectivity index (χ3n) is 7.44. The zero-order valence-corrected chi connectivity index (χ0v) is 20.0. The highest BCUT2D eigenvalue weighted by Gasteiger charge is 2.31. The van der Waals surface area contributed by atoms with Crippen LogP contribution in [0.5, 0.6) is 0 Å². The van der Waals surface area contributed by atoms with E-state index in [1.54, 1.807) is 6.20 Å². The lowest BCUT2D eigenvalue weighted by molar-refractivity contribution is -0.133. The van der Waals surface area contributed by atoms with Gasteiger partial charge < -0.3 is 19.7 Å². The van der Waals surface area contributed by atoms with Crippen LogP contribution in [0.2, 0.25) is 0 Å². The van der Waals surface area contributed by atoms with Crippen LogP contribution in [0.3, 0.4) is 0 Å². The van der Waals surface area contributed by atoms with Gasteiger partial charge in [-0.15, -0.1) is 0 Å². The number of fused-ring (bicyclic) bond motifs is 3. The summed E-state index contributed by atoms with van der Waals surface area (Å²) in [5.74, 6) is 1.10. The fourth-order valence-corrected chi connectivity index (χ4v) is 5.38. The number of piperidine rings is 1. The quantitative estimate of drug-likeness (QED) is 0.560. The van der Waals surface area contributed by atoms with Crippen molar-refractivity contribution >= 4 is 28.7 Å². The molecule has 35 heavy (non-hydrogen) atoms. The molecule has 1 saturated heterocycles. The lowest BCUT2D eigenvalue weighted by Crippen LogP contribution is -2.41. The number of carboxylic acid groups (broad SMARTS) is 1. The van der Waals surface area contributed by atoms with E-state index in [0.29, 0.717) is 31.7 Å². The first-order chi connectivity index (χ1) is 17.0. The molecule has 1 atom stereocenters. The minimum atomic E-state index is -0.961. The predicted octanol–water partition coefficient (Wildman–Crippen LogP) is 2.53. The van der Waals surface area contributed by atoms with Gasteiger partial charge >= 0.3 is 6.09 Å². The van der Waals surface area contributed by atoms with Gasteiger partial charge in [0.05, 0.1) is 16.7 Å². The minimum Gasteiger partial charge on any atom is -0.465 e. The Morgan fingerprint density at radius 2 is 1.97 bits per heavy atom. The van der Waals surface area contributed by atoms with Crippen molar-refractivity contribution in [3.05, 3.63) is 42.0 Å². The molecule has 1 aromatic carbocycles. The molecule has 2 amide bonds. The number of amides is 2.